The highest BCUT2D eigenvalue weighted by Gasteiger charge is 2.19. The maximum Gasteiger partial charge on any atom is 0.337 e. The van der Waals surface area contributed by atoms with Gasteiger partial charge in [0.2, 0.25) is 0 Å². The third kappa shape index (κ3) is 5.49. The number of amides is 1. The Morgan fingerprint density at radius 3 is 2.52 bits per heavy atom. The average Bonchev–Trinajstić information content (AvgIpc) is 3.21. The predicted octanol–water partition coefficient (Wildman–Crippen LogP) is 3.62. The van der Waals surface area contributed by atoms with Crippen LogP contribution in [0, 0.1) is 12.8 Å². The van der Waals surface area contributed by atoms with E-state index in [2.05, 4.69) is 10.6 Å². The van der Waals surface area contributed by atoms with Crippen LogP contribution >= 0.6 is 12.4 Å². The van der Waals surface area contributed by atoms with E-state index >= 15 is 0 Å². The Bertz CT molecular complexity index is 879. The molecule has 6 nitrogen and oxygen atoms in total. The second-order valence-corrected chi connectivity index (χ2v) is 7.06. The smallest absolute Gasteiger partial charge is 0.337 e. The monoisotopic (exact) mass is 418 g/mol. The highest BCUT2D eigenvalue weighted by Crippen LogP contribution is 2.26. The van der Waals surface area contributed by atoms with E-state index in [1.165, 1.54) is 7.11 Å². The molecule has 1 heterocycles. The minimum absolute atomic E-state index is 0. The number of ether oxygens (including phenoxy) is 2. The van der Waals surface area contributed by atoms with Crippen LogP contribution < -0.4 is 15.4 Å². The number of hydrogen-bond donors (Lipinski definition) is 2. The number of halogens is 1. The Balaban J connectivity index is 0.00000300. The Morgan fingerprint density at radius 1 is 1.14 bits per heavy atom. The molecular weight excluding hydrogens is 392 g/mol. The number of anilines is 1. The molecule has 7 heteroatoms. The van der Waals surface area contributed by atoms with E-state index in [-0.39, 0.29) is 18.3 Å². The van der Waals surface area contributed by atoms with Crippen LogP contribution in [0.1, 0.15) is 38.3 Å². The van der Waals surface area contributed by atoms with E-state index in [0.29, 0.717) is 22.7 Å². The van der Waals surface area contributed by atoms with Gasteiger partial charge in [-0.05, 0) is 86.3 Å². The topological polar surface area (TPSA) is 76.7 Å². The molecule has 0 aliphatic carbocycles. The third-order valence-electron chi connectivity index (χ3n) is 5.11. The number of methoxy groups -OCH3 is 2. The summed E-state index contributed by atoms with van der Waals surface area (Å²) in [7, 11) is 2.99. The van der Waals surface area contributed by atoms with Crippen molar-refractivity contribution < 1.29 is 19.1 Å². The van der Waals surface area contributed by atoms with Gasteiger partial charge in [-0.1, -0.05) is 0 Å². The summed E-state index contributed by atoms with van der Waals surface area (Å²) in [5.41, 5.74) is 3.53. The van der Waals surface area contributed by atoms with Crippen molar-refractivity contribution in [3.8, 4) is 5.75 Å². The lowest BCUT2D eigenvalue weighted by Gasteiger charge is -2.15. The summed E-state index contributed by atoms with van der Waals surface area (Å²) < 4.78 is 10.2. The molecule has 1 saturated heterocycles. The van der Waals surface area contributed by atoms with Crippen molar-refractivity contribution >= 4 is 30.0 Å². The Labute approximate surface area is 177 Å². The van der Waals surface area contributed by atoms with Crippen LogP contribution in [0.3, 0.4) is 0 Å². The van der Waals surface area contributed by atoms with Gasteiger partial charge in [-0.15, -0.1) is 12.4 Å². The summed E-state index contributed by atoms with van der Waals surface area (Å²) >= 11 is 0. The van der Waals surface area contributed by atoms with Crippen LogP contribution in [0.4, 0.5) is 5.69 Å². The zero-order chi connectivity index (χ0) is 20.1. The predicted molar refractivity (Wildman–Crippen MR) is 115 cm³/mol. The van der Waals surface area contributed by atoms with E-state index in [1.54, 1.807) is 31.4 Å². The summed E-state index contributed by atoms with van der Waals surface area (Å²) in [4.78, 5) is 24.4. The van der Waals surface area contributed by atoms with Crippen LogP contribution in [0.25, 0.3) is 0 Å². The number of esters is 1. The van der Waals surface area contributed by atoms with Gasteiger partial charge in [0, 0.05) is 11.3 Å². The van der Waals surface area contributed by atoms with E-state index in [1.807, 2.05) is 19.1 Å². The fraction of sp³-hybridized carbons (Fsp3) is 0.364. The number of aryl methyl sites for hydroxylation is 1. The number of carbonyl (C=O) groups excluding carboxylic acids is 2. The molecule has 1 amide bonds. The molecule has 1 aliphatic heterocycles. The zero-order valence-corrected chi connectivity index (χ0v) is 17.7. The quantitative estimate of drug-likeness (QED) is 0.701. The molecule has 2 aromatic carbocycles. The number of benzene rings is 2. The first-order chi connectivity index (χ1) is 13.5. The van der Waals surface area contributed by atoms with Crippen LogP contribution in [0.15, 0.2) is 36.4 Å². The SMILES string of the molecule is COC(=O)c1ccc(NC(=O)c2ccc(OC)c(CC3CCNC3)c2)c(C)c1.Cl. The van der Waals surface area contributed by atoms with Crippen molar-refractivity contribution in [1.29, 1.82) is 0 Å². The molecule has 0 spiro atoms. The summed E-state index contributed by atoms with van der Waals surface area (Å²) in [6, 6.07) is 10.6. The third-order valence-corrected chi connectivity index (χ3v) is 5.11. The zero-order valence-electron chi connectivity index (χ0n) is 16.9. The molecule has 2 aromatic rings. The maximum absolute atomic E-state index is 12.8. The van der Waals surface area contributed by atoms with Gasteiger partial charge < -0.3 is 20.1 Å². The average molecular weight is 419 g/mol. The highest BCUT2D eigenvalue weighted by molar-refractivity contribution is 6.05. The number of nitrogens with one attached hydrogen (secondary N) is 2. The van der Waals surface area contributed by atoms with Gasteiger partial charge in [-0.2, -0.15) is 0 Å². The van der Waals surface area contributed by atoms with Gasteiger partial charge in [-0.25, -0.2) is 4.79 Å². The molecule has 0 saturated carbocycles. The summed E-state index contributed by atoms with van der Waals surface area (Å²) in [6.07, 6.45) is 2.01. The van der Waals surface area contributed by atoms with Gasteiger partial charge >= 0.3 is 5.97 Å². The Hall–Kier alpha value is -2.57. The first-order valence-corrected chi connectivity index (χ1v) is 9.39. The van der Waals surface area contributed by atoms with E-state index < -0.39 is 5.97 Å². The number of hydrogen-bond acceptors (Lipinski definition) is 5. The molecule has 1 fully saturated rings. The maximum atomic E-state index is 12.8. The molecule has 0 bridgehead atoms. The number of rotatable bonds is 6. The standard InChI is InChI=1S/C22H26N2O4.ClH/c1-14-10-17(22(26)28-3)4-6-19(14)24-21(25)16-5-7-20(27-2)18(12-16)11-15-8-9-23-13-15;/h4-7,10,12,15,23H,8-9,11,13H2,1-3H3,(H,24,25);1H. The highest BCUT2D eigenvalue weighted by atomic mass is 35.5. The lowest BCUT2D eigenvalue weighted by Crippen LogP contribution is -2.15. The van der Waals surface area contributed by atoms with Crippen molar-refractivity contribution in [3.05, 3.63) is 58.7 Å². The minimum atomic E-state index is -0.401. The van der Waals surface area contributed by atoms with Crippen molar-refractivity contribution in [2.24, 2.45) is 5.92 Å². The van der Waals surface area contributed by atoms with E-state index in [0.717, 1.165) is 42.8 Å². The second kappa shape index (κ2) is 10.3. The van der Waals surface area contributed by atoms with Gasteiger partial charge in [0.05, 0.1) is 19.8 Å². The van der Waals surface area contributed by atoms with Crippen molar-refractivity contribution in [3.63, 3.8) is 0 Å². The van der Waals surface area contributed by atoms with Crippen LogP contribution in [-0.2, 0) is 11.2 Å². The van der Waals surface area contributed by atoms with Crippen molar-refractivity contribution in [1.82, 2.24) is 5.32 Å². The van der Waals surface area contributed by atoms with Gasteiger partial charge in [0.1, 0.15) is 5.75 Å². The van der Waals surface area contributed by atoms with Gasteiger partial charge in [-0.3, -0.25) is 4.79 Å². The van der Waals surface area contributed by atoms with Crippen LogP contribution in [0.5, 0.6) is 5.75 Å². The van der Waals surface area contributed by atoms with Gasteiger partial charge in [0.15, 0.2) is 0 Å². The number of carbonyl (C=O) groups is 2. The van der Waals surface area contributed by atoms with Crippen molar-refractivity contribution in [2.45, 2.75) is 19.8 Å². The lowest BCUT2D eigenvalue weighted by atomic mass is 9.96. The first kappa shape index (κ1) is 22.7. The lowest BCUT2D eigenvalue weighted by molar-refractivity contribution is 0.0600. The normalized spacial score (nSPS) is 15.3. The molecule has 0 aromatic heterocycles. The molecule has 1 aliphatic rings. The molecule has 3 rings (SSSR count). The van der Waals surface area contributed by atoms with Crippen LogP contribution in [0.2, 0.25) is 0 Å². The molecule has 2 N–H and O–H groups in total. The molecule has 1 atom stereocenters. The molecule has 156 valence electrons. The van der Waals surface area contributed by atoms with Crippen molar-refractivity contribution in [2.75, 3.05) is 32.6 Å². The first-order valence-electron chi connectivity index (χ1n) is 9.39. The Kier molecular flexibility index (Phi) is 8.05. The molecular formula is C22H27ClN2O4. The Morgan fingerprint density at radius 2 is 1.90 bits per heavy atom. The molecule has 29 heavy (non-hydrogen) atoms. The van der Waals surface area contributed by atoms with Gasteiger partial charge in [0.25, 0.3) is 5.91 Å². The second-order valence-electron chi connectivity index (χ2n) is 7.06. The largest absolute Gasteiger partial charge is 0.496 e. The molecule has 0 radical (unpaired) electrons. The van der Waals surface area contributed by atoms with E-state index in [4.69, 9.17) is 9.47 Å². The van der Waals surface area contributed by atoms with E-state index in [9.17, 15) is 9.59 Å². The minimum Gasteiger partial charge on any atom is -0.496 e. The summed E-state index contributed by atoms with van der Waals surface area (Å²) in [5.74, 6) is 0.770. The van der Waals surface area contributed by atoms with Crippen LogP contribution in [-0.4, -0.2) is 39.2 Å². The fourth-order valence-corrected chi connectivity index (χ4v) is 3.52. The molecule has 1 unspecified atom stereocenters. The fourth-order valence-electron chi connectivity index (χ4n) is 3.52. The summed E-state index contributed by atoms with van der Waals surface area (Å²) in [5, 5.41) is 6.29. The summed E-state index contributed by atoms with van der Waals surface area (Å²) in [6.45, 7) is 3.87.